The number of aliphatic hydroxyl groups excluding tert-OH is 2. The van der Waals surface area contributed by atoms with Crippen molar-refractivity contribution >= 4 is 16.1 Å². The number of carbonyl (C=O) groups is 1. The number of benzene rings is 1. The highest BCUT2D eigenvalue weighted by Gasteiger charge is 2.32. The van der Waals surface area contributed by atoms with Crippen LogP contribution >= 0.6 is 0 Å². The molecule has 0 fully saturated rings. The van der Waals surface area contributed by atoms with Gasteiger partial charge in [0.15, 0.2) is 4.90 Å². The fraction of sp³-hybridized carbons (Fsp3) is 0.588. The minimum atomic E-state index is -2.96. The number of rotatable bonds is 11. The lowest BCUT2D eigenvalue weighted by molar-refractivity contribution is -0.137. The summed E-state index contributed by atoms with van der Waals surface area (Å²) < 4.78 is 26.4. The van der Waals surface area contributed by atoms with E-state index in [4.69, 9.17) is 9.84 Å². The molecule has 2 atom stereocenters. The summed E-state index contributed by atoms with van der Waals surface area (Å²) in [6, 6.07) is 6.39. The molecule has 0 aliphatic carbocycles. The predicted molar refractivity (Wildman–Crippen MR) is 99.6 cm³/mol. The van der Waals surface area contributed by atoms with E-state index in [1.165, 1.54) is 6.26 Å². The van der Waals surface area contributed by atoms with Gasteiger partial charge in [0.1, 0.15) is 24.7 Å². The zero-order chi connectivity index (χ0) is 19.8. The quantitative estimate of drug-likeness (QED) is 0.268. The molecular formula is C17H29N2O6S+. The Kier molecular flexibility index (Phi) is 8.65. The number of aliphatic hydroxyl groups is 2. The van der Waals surface area contributed by atoms with E-state index in [9.17, 15) is 18.7 Å². The summed E-state index contributed by atoms with van der Waals surface area (Å²) in [6.07, 6.45) is -0.00874. The minimum absolute atomic E-state index is 0.286. The molecule has 1 amide bonds. The third kappa shape index (κ3) is 7.38. The van der Waals surface area contributed by atoms with Gasteiger partial charge >= 0.3 is 0 Å². The van der Waals surface area contributed by atoms with Crippen LogP contribution in [0.4, 0.5) is 0 Å². The number of carbonyl (C=O) groups excluding carboxylic acids is 1. The summed E-state index contributed by atoms with van der Waals surface area (Å²) in [4.78, 5) is 12.1. The summed E-state index contributed by atoms with van der Waals surface area (Å²) in [6.45, 7) is 4.72. The molecule has 1 unspecified atom stereocenters. The lowest BCUT2D eigenvalue weighted by Crippen LogP contribution is -2.47. The molecule has 0 saturated heterocycles. The second-order valence-electron chi connectivity index (χ2n) is 6.71. The molecule has 8 nitrogen and oxygen atoms in total. The highest BCUT2D eigenvalue weighted by Crippen LogP contribution is 2.19. The molecule has 0 aliphatic rings. The van der Waals surface area contributed by atoms with Crippen molar-refractivity contribution in [3.8, 4) is 5.75 Å². The highest BCUT2D eigenvalue weighted by atomic mass is 32.3. The SMILES string of the molecule is CC(C)(CO)[C@@H](O)C(=O)NCCNCCOc1ccc([S+](C)(=O)O)cc1. The van der Waals surface area contributed by atoms with Crippen molar-refractivity contribution in [1.29, 1.82) is 0 Å². The highest BCUT2D eigenvalue weighted by molar-refractivity contribution is 7.97. The first-order valence-electron chi connectivity index (χ1n) is 8.30. The average molecular weight is 389 g/mol. The van der Waals surface area contributed by atoms with E-state index in [1.807, 2.05) is 0 Å². The van der Waals surface area contributed by atoms with Gasteiger partial charge in [0.2, 0.25) is 16.1 Å². The van der Waals surface area contributed by atoms with E-state index in [2.05, 4.69) is 10.6 Å². The van der Waals surface area contributed by atoms with Crippen LogP contribution in [0, 0.1) is 5.41 Å². The van der Waals surface area contributed by atoms with E-state index in [1.54, 1.807) is 38.1 Å². The third-order valence-electron chi connectivity index (χ3n) is 3.81. The summed E-state index contributed by atoms with van der Waals surface area (Å²) in [5.41, 5.74) is -0.887. The van der Waals surface area contributed by atoms with Gasteiger partial charge in [0.25, 0.3) is 0 Å². The fourth-order valence-electron chi connectivity index (χ4n) is 1.97. The number of ether oxygens (including phenoxy) is 1. The molecule has 148 valence electrons. The fourth-order valence-corrected chi connectivity index (χ4v) is 2.61. The van der Waals surface area contributed by atoms with Crippen molar-refractivity contribution in [3.05, 3.63) is 24.3 Å². The first-order valence-corrected chi connectivity index (χ1v) is 10.2. The molecular weight excluding hydrogens is 360 g/mol. The standard InChI is InChI=1S/C17H28N2O6S/c1-17(2,12-20)15(21)16(22)19-9-8-18-10-11-25-13-4-6-14(7-5-13)26(3,23)24/h4-7,15,18,20-21H,8-12H2,1-3H3,(H-,19,22,23,24)/p+1/t15-/m0/s1. The van der Waals surface area contributed by atoms with Crippen LogP contribution in [-0.2, 0) is 19.2 Å². The molecule has 5 N–H and O–H groups in total. The second-order valence-corrected chi connectivity index (χ2v) is 8.79. The molecule has 0 heterocycles. The maximum absolute atomic E-state index is 11.8. The van der Waals surface area contributed by atoms with Gasteiger partial charge in [-0.2, -0.15) is 4.55 Å². The van der Waals surface area contributed by atoms with Gasteiger partial charge < -0.3 is 25.6 Å². The Labute approximate surface area is 155 Å². The van der Waals surface area contributed by atoms with Crippen molar-refractivity contribution in [2.75, 3.05) is 39.1 Å². The Morgan fingerprint density at radius 1 is 1.23 bits per heavy atom. The number of nitrogens with one attached hydrogen (secondary N) is 2. The topological polar surface area (TPSA) is 128 Å². The van der Waals surface area contributed by atoms with Gasteiger partial charge in [0.05, 0.1) is 6.61 Å². The Morgan fingerprint density at radius 3 is 2.38 bits per heavy atom. The lowest BCUT2D eigenvalue weighted by atomic mass is 9.87. The molecule has 1 aromatic carbocycles. The second kappa shape index (κ2) is 9.98. The molecule has 0 radical (unpaired) electrons. The molecule has 1 rings (SSSR count). The van der Waals surface area contributed by atoms with Gasteiger partial charge in [-0.05, 0) is 24.3 Å². The molecule has 1 aromatic rings. The third-order valence-corrected chi connectivity index (χ3v) is 4.95. The van der Waals surface area contributed by atoms with Crippen LogP contribution in [0.15, 0.2) is 29.2 Å². The van der Waals surface area contributed by atoms with Gasteiger partial charge in [-0.25, -0.2) is 0 Å². The van der Waals surface area contributed by atoms with Crippen molar-refractivity contribution in [2.24, 2.45) is 5.41 Å². The number of hydrogen-bond donors (Lipinski definition) is 5. The summed E-state index contributed by atoms with van der Waals surface area (Å²) >= 11 is 0. The summed E-state index contributed by atoms with van der Waals surface area (Å²) in [5, 5.41) is 24.7. The number of amides is 1. The van der Waals surface area contributed by atoms with E-state index in [0.717, 1.165) is 0 Å². The lowest BCUT2D eigenvalue weighted by Gasteiger charge is -2.27. The molecule has 0 bridgehead atoms. The molecule has 0 spiro atoms. The summed E-state index contributed by atoms with van der Waals surface area (Å²) in [7, 11) is -2.96. The zero-order valence-electron chi connectivity index (χ0n) is 15.4. The van der Waals surface area contributed by atoms with Crippen LogP contribution < -0.4 is 15.4 Å². The van der Waals surface area contributed by atoms with Crippen LogP contribution in [0.3, 0.4) is 0 Å². The smallest absolute Gasteiger partial charge is 0.249 e. The van der Waals surface area contributed by atoms with Crippen LogP contribution in [0.1, 0.15) is 13.8 Å². The maximum atomic E-state index is 11.8. The molecule has 0 aromatic heterocycles. The molecule has 26 heavy (non-hydrogen) atoms. The average Bonchev–Trinajstić information content (AvgIpc) is 2.59. The Hall–Kier alpha value is -1.52. The van der Waals surface area contributed by atoms with Crippen LogP contribution in [-0.4, -0.2) is 65.9 Å². The van der Waals surface area contributed by atoms with Gasteiger partial charge in [-0.15, -0.1) is 0 Å². The van der Waals surface area contributed by atoms with E-state index in [0.29, 0.717) is 36.9 Å². The first-order chi connectivity index (χ1) is 12.1. The van der Waals surface area contributed by atoms with Crippen LogP contribution in [0.2, 0.25) is 0 Å². The molecule has 9 heteroatoms. The van der Waals surface area contributed by atoms with Crippen molar-refractivity contribution < 1.29 is 28.5 Å². The first kappa shape index (κ1) is 22.5. The zero-order valence-corrected chi connectivity index (χ0v) is 16.2. The maximum Gasteiger partial charge on any atom is 0.249 e. The largest absolute Gasteiger partial charge is 0.492 e. The Balaban J connectivity index is 2.18. The Morgan fingerprint density at radius 2 is 1.85 bits per heavy atom. The van der Waals surface area contributed by atoms with E-state index < -0.39 is 27.6 Å². The predicted octanol–water partition coefficient (Wildman–Crippen LogP) is 0.112. The van der Waals surface area contributed by atoms with Crippen molar-refractivity contribution in [3.63, 3.8) is 0 Å². The normalized spacial score (nSPS) is 15.2. The van der Waals surface area contributed by atoms with Crippen molar-refractivity contribution in [2.45, 2.75) is 24.8 Å². The van der Waals surface area contributed by atoms with Crippen LogP contribution in [0.5, 0.6) is 5.75 Å². The Bertz CT molecular complexity index is 614. The van der Waals surface area contributed by atoms with Gasteiger partial charge in [0, 0.05) is 25.0 Å². The molecule has 0 aliphatic heterocycles. The summed E-state index contributed by atoms with van der Waals surface area (Å²) in [5.74, 6) is 0.0837. The van der Waals surface area contributed by atoms with Crippen LogP contribution in [0.25, 0.3) is 0 Å². The molecule has 0 saturated carbocycles. The van der Waals surface area contributed by atoms with Gasteiger partial charge in [-0.3, -0.25) is 4.79 Å². The monoisotopic (exact) mass is 389 g/mol. The van der Waals surface area contributed by atoms with Crippen molar-refractivity contribution in [1.82, 2.24) is 10.6 Å². The van der Waals surface area contributed by atoms with E-state index >= 15 is 0 Å². The number of hydrogen-bond acceptors (Lipinski definition) is 6. The minimum Gasteiger partial charge on any atom is -0.492 e. The van der Waals surface area contributed by atoms with Gasteiger partial charge in [-0.1, -0.05) is 18.1 Å². The van der Waals surface area contributed by atoms with E-state index in [-0.39, 0.29) is 6.61 Å².